The smallest absolute Gasteiger partial charge is 0.257 e. The number of nitrogens with zero attached hydrogens (tertiary/aromatic N) is 4. The number of benzene rings is 2. The number of fused-ring (bicyclic) bond motifs is 2. The van der Waals surface area contributed by atoms with E-state index in [0.717, 1.165) is 5.56 Å². The normalized spacial score (nSPS) is 11.5. The van der Waals surface area contributed by atoms with Crippen molar-refractivity contribution in [3.63, 3.8) is 0 Å². The van der Waals surface area contributed by atoms with Gasteiger partial charge >= 0.3 is 0 Å². The topological polar surface area (TPSA) is 107 Å². The van der Waals surface area contributed by atoms with Crippen LogP contribution in [0.1, 0.15) is 15.9 Å². The molecule has 0 fully saturated rings. The molecule has 0 spiro atoms. The maximum Gasteiger partial charge on any atom is 0.257 e. The van der Waals surface area contributed by atoms with Crippen LogP contribution in [0.5, 0.6) is 0 Å². The van der Waals surface area contributed by atoms with E-state index >= 15 is 0 Å². The van der Waals surface area contributed by atoms with Gasteiger partial charge in [0.1, 0.15) is 16.9 Å². The van der Waals surface area contributed by atoms with Crippen molar-refractivity contribution in [1.29, 1.82) is 0 Å². The molecule has 8 nitrogen and oxygen atoms in total. The zero-order valence-corrected chi connectivity index (χ0v) is 16.9. The molecule has 152 valence electrons. The monoisotopic (exact) mass is 422 g/mol. The zero-order valence-electron chi connectivity index (χ0n) is 16.2. The van der Waals surface area contributed by atoms with E-state index in [0.29, 0.717) is 40.4 Å². The molecule has 0 unspecified atom stereocenters. The summed E-state index contributed by atoms with van der Waals surface area (Å²) in [6.07, 6.45) is 1.62. The molecular formula is C21H19ClN6O2. The Balaban J connectivity index is 1.85. The first-order valence-electron chi connectivity index (χ1n) is 9.22. The lowest BCUT2D eigenvalue weighted by atomic mass is 10.2. The predicted octanol–water partition coefficient (Wildman–Crippen LogP) is 3.08. The number of hydrogen-bond acceptors (Lipinski definition) is 6. The molecule has 4 rings (SSSR count). The molecule has 2 aromatic heterocycles. The van der Waals surface area contributed by atoms with E-state index in [1.54, 1.807) is 25.5 Å². The second kappa shape index (κ2) is 8.48. The Bertz CT molecular complexity index is 1250. The van der Waals surface area contributed by atoms with E-state index in [1.807, 2.05) is 36.4 Å². The first-order chi connectivity index (χ1) is 14.6. The van der Waals surface area contributed by atoms with Crippen molar-refractivity contribution in [2.24, 2.45) is 5.10 Å². The van der Waals surface area contributed by atoms with E-state index in [2.05, 4.69) is 20.4 Å². The summed E-state index contributed by atoms with van der Waals surface area (Å²) in [6, 6.07) is 14.6. The molecule has 4 aromatic rings. The molecule has 3 N–H and O–H groups in total. The van der Waals surface area contributed by atoms with Crippen LogP contribution in [0.4, 0.5) is 5.82 Å². The van der Waals surface area contributed by atoms with Gasteiger partial charge in [-0.15, -0.1) is 0 Å². The molecular weight excluding hydrogens is 404 g/mol. The van der Waals surface area contributed by atoms with Crippen LogP contribution in [0.25, 0.3) is 22.2 Å². The summed E-state index contributed by atoms with van der Waals surface area (Å²) in [4.78, 5) is 22.1. The van der Waals surface area contributed by atoms with Gasteiger partial charge in [0.25, 0.3) is 5.91 Å². The van der Waals surface area contributed by atoms with Gasteiger partial charge in [0.2, 0.25) is 0 Å². The standard InChI is InChI=1S/C21H19ClN6O2/c1-30-11-10-24-21(29)17-18-20(27-16-5-3-2-4-15(16)26-18)28(19(17)23)25-12-13-6-8-14(22)9-7-13/h2-9,12H,10-11,23H2,1H3,(H,24,29). The highest BCUT2D eigenvalue weighted by molar-refractivity contribution is 6.30. The summed E-state index contributed by atoms with van der Waals surface area (Å²) in [5, 5.41) is 7.87. The van der Waals surface area contributed by atoms with Crippen LogP contribution in [-0.2, 0) is 4.74 Å². The summed E-state index contributed by atoms with van der Waals surface area (Å²) >= 11 is 5.94. The largest absolute Gasteiger partial charge is 0.383 e. The van der Waals surface area contributed by atoms with Gasteiger partial charge in [-0.05, 0) is 29.8 Å². The van der Waals surface area contributed by atoms with Crippen molar-refractivity contribution in [1.82, 2.24) is 20.0 Å². The molecule has 0 aliphatic carbocycles. The Labute approximate surface area is 177 Å². The predicted molar refractivity (Wildman–Crippen MR) is 118 cm³/mol. The lowest BCUT2D eigenvalue weighted by Crippen LogP contribution is -2.27. The van der Waals surface area contributed by atoms with Crippen molar-refractivity contribution in [3.05, 3.63) is 64.7 Å². The minimum absolute atomic E-state index is 0.153. The van der Waals surface area contributed by atoms with Crippen LogP contribution >= 0.6 is 11.6 Å². The van der Waals surface area contributed by atoms with Crippen LogP contribution in [-0.4, -0.2) is 47.0 Å². The van der Waals surface area contributed by atoms with E-state index < -0.39 is 0 Å². The maximum atomic E-state index is 12.8. The number of nitrogen functional groups attached to an aromatic ring is 1. The first-order valence-corrected chi connectivity index (χ1v) is 9.60. The van der Waals surface area contributed by atoms with Crippen molar-refractivity contribution in [2.45, 2.75) is 0 Å². The average molecular weight is 423 g/mol. The maximum absolute atomic E-state index is 12.8. The molecule has 9 heteroatoms. The number of ether oxygens (including phenoxy) is 1. The number of halogens is 1. The molecule has 0 aliphatic rings. The number of para-hydroxylation sites is 2. The van der Waals surface area contributed by atoms with Crippen LogP contribution in [0.2, 0.25) is 5.02 Å². The van der Waals surface area contributed by atoms with Gasteiger partial charge in [-0.2, -0.15) is 9.78 Å². The number of carbonyl (C=O) groups excluding carboxylic acids is 1. The lowest BCUT2D eigenvalue weighted by molar-refractivity contribution is 0.0939. The Hall–Kier alpha value is -3.49. The number of amides is 1. The first kappa shape index (κ1) is 19.8. The number of anilines is 1. The van der Waals surface area contributed by atoms with E-state index in [9.17, 15) is 4.79 Å². The van der Waals surface area contributed by atoms with Gasteiger partial charge in [-0.3, -0.25) is 4.79 Å². The summed E-state index contributed by atoms with van der Waals surface area (Å²) in [6.45, 7) is 0.726. The lowest BCUT2D eigenvalue weighted by Gasteiger charge is -2.04. The SMILES string of the molecule is COCCNC(=O)c1c(N)n(N=Cc2ccc(Cl)cc2)c2nc3ccccc3nc12. The Morgan fingerprint density at radius 1 is 1.20 bits per heavy atom. The number of hydrogen-bond donors (Lipinski definition) is 2. The number of rotatable bonds is 6. The van der Waals surface area contributed by atoms with Crippen LogP contribution in [0, 0.1) is 0 Å². The van der Waals surface area contributed by atoms with Crippen molar-refractivity contribution in [2.75, 3.05) is 26.0 Å². The molecule has 1 amide bonds. The minimum atomic E-state index is -0.362. The second-order valence-electron chi connectivity index (χ2n) is 6.50. The summed E-state index contributed by atoms with van der Waals surface area (Å²) in [5.41, 5.74) is 9.50. The molecule has 0 atom stereocenters. The number of aromatic nitrogens is 3. The zero-order chi connectivity index (χ0) is 21.1. The Morgan fingerprint density at radius 2 is 1.90 bits per heavy atom. The highest BCUT2D eigenvalue weighted by Gasteiger charge is 2.23. The molecule has 0 saturated heterocycles. The summed E-state index contributed by atoms with van der Waals surface area (Å²) in [7, 11) is 1.56. The van der Waals surface area contributed by atoms with E-state index in [-0.39, 0.29) is 17.3 Å². The second-order valence-corrected chi connectivity index (χ2v) is 6.94. The fourth-order valence-electron chi connectivity index (χ4n) is 3.02. The molecule has 0 aliphatic heterocycles. The number of nitrogens with two attached hydrogens (primary N) is 1. The third kappa shape index (κ3) is 3.83. The van der Waals surface area contributed by atoms with Crippen LogP contribution in [0.3, 0.4) is 0 Å². The average Bonchev–Trinajstić information content (AvgIpc) is 3.02. The van der Waals surface area contributed by atoms with Gasteiger partial charge in [-0.25, -0.2) is 9.97 Å². The highest BCUT2D eigenvalue weighted by Crippen LogP contribution is 2.27. The Kier molecular flexibility index (Phi) is 5.60. The minimum Gasteiger partial charge on any atom is -0.383 e. The summed E-state index contributed by atoms with van der Waals surface area (Å²) < 4.78 is 6.42. The van der Waals surface area contributed by atoms with Gasteiger partial charge < -0.3 is 15.8 Å². The molecule has 0 radical (unpaired) electrons. The van der Waals surface area contributed by atoms with Crippen molar-refractivity contribution >= 4 is 51.7 Å². The van der Waals surface area contributed by atoms with Gasteiger partial charge in [0.15, 0.2) is 5.65 Å². The third-order valence-electron chi connectivity index (χ3n) is 4.48. The number of carbonyl (C=O) groups is 1. The van der Waals surface area contributed by atoms with Crippen LogP contribution < -0.4 is 11.1 Å². The van der Waals surface area contributed by atoms with Crippen LogP contribution in [0.15, 0.2) is 53.6 Å². The molecule has 2 heterocycles. The van der Waals surface area contributed by atoms with Gasteiger partial charge in [0, 0.05) is 18.7 Å². The highest BCUT2D eigenvalue weighted by atomic mass is 35.5. The summed E-state index contributed by atoms with van der Waals surface area (Å²) in [5.74, 6) is -0.208. The van der Waals surface area contributed by atoms with Gasteiger partial charge in [-0.1, -0.05) is 35.9 Å². The third-order valence-corrected chi connectivity index (χ3v) is 4.74. The number of methoxy groups -OCH3 is 1. The van der Waals surface area contributed by atoms with Crippen molar-refractivity contribution < 1.29 is 9.53 Å². The fourth-order valence-corrected chi connectivity index (χ4v) is 3.14. The Morgan fingerprint density at radius 3 is 2.60 bits per heavy atom. The molecule has 30 heavy (non-hydrogen) atoms. The molecule has 0 bridgehead atoms. The van der Waals surface area contributed by atoms with E-state index in [4.69, 9.17) is 22.1 Å². The van der Waals surface area contributed by atoms with Gasteiger partial charge in [0.05, 0.1) is 23.9 Å². The quantitative estimate of drug-likeness (QED) is 0.366. The van der Waals surface area contributed by atoms with E-state index in [1.165, 1.54) is 4.68 Å². The van der Waals surface area contributed by atoms with Crippen molar-refractivity contribution in [3.8, 4) is 0 Å². The molecule has 0 saturated carbocycles. The number of nitrogens with one attached hydrogen (secondary N) is 1. The molecule has 2 aromatic carbocycles. The fraction of sp³-hybridized carbons (Fsp3) is 0.143.